The molecule has 2 rings (SSSR count). The molecule has 0 aliphatic carbocycles. The Hall–Kier alpha value is -2.41. The first kappa shape index (κ1) is 17.9. The smallest absolute Gasteiger partial charge is 0.262 e. The van der Waals surface area contributed by atoms with Crippen molar-refractivity contribution < 1.29 is 13.2 Å². The second-order valence-corrected chi connectivity index (χ2v) is 7.29. The second kappa shape index (κ2) is 7.44. The minimum Gasteiger partial charge on any atom is -0.350 e. The number of nitrogens with zero attached hydrogens (tertiary/aromatic N) is 1. The van der Waals surface area contributed by atoms with Crippen LogP contribution >= 0.6 is 0 Å². The van der Waals surface area contributed by atoms with Crippen LogP contribution in [0.15, 0.2) is 47.6 Å². The lowest BCUT2D eigenvalue weighted by Gasteiger charge is -2.15. The van der Waals surface area contributed by atoms with Crippen molar-refractivity contribution >= 4 is 21.6 Å². The molecule has 0 spiro atoms. The first-order chi connectivity index (χ1) is 11.3. The highest BCUT2D eigenvalue weighted by molar-refractivity contribution is 7.92. The van der Waals surface area contributed by atoms with E-state index in [0.717, 1.165) is 12.0 Å². The number of nitrogens with one attached hydrogen (secondary N) is 2. The maximum Gasteiger partial charge on any atom is 0.262 e. The quantitative estimate of drug-likeness (QED) is 0.841. The van der Waals surface area contributed by atoms with Crippen LogP contribution in [0.5, 0.6) is 0 Å². The highest BCUT2D eigenvalue weighted by Crippen LogP contribution is 2.20. The molecule has 1 amide bonds. The van der Waals surface area contributed by atoms with Gasteiger partial charge in [0, 0.05) is 12.2 Å². The van der Waals surface area contributed by atoms with Crippen LogP contribution in [-0.2, 0) is 10.0 Å². The Balaban J connectivity index is 2.35. The van der Waals surface area contributed by atoms with E-state index in [-0.39, 0.29) is 16.5 Å². The standard InChI is InChI=1S/C17H21N3O3S/c1-4-13(3)19-17(21)15-7-5-6-8-16(15)24(22,23)20-14-9-12(2)10-18-11-14/h5-11,13,20H,4H2,1-3H3,(H,19,21). The Morgan fingerprint density at radius 3 is 2.62 bits per heavy atom. The summed E-state index contributed by atoms with van der Waals surface area (Å²) >= 11 is 0. The maximum absolute atomic E-state index is 12.7. The predicted molar refractivity (Wildman–Crippen MR) is 93.4 cm³/mol. The van der Waals surface area contributed by atoms with Crippen LogP contribution in [-0.4, -0.2) is 25.4 Å². The summed E-state index contributed by atoms with van der Waals surface area (Å²) in [6.45, 7) is 5.63. The zero-order chi connectivity index (χ0) is 17.7. The number of benzene rings is 1. The van der Waals surface area contributed by atoms with Crippen molar-refractivity contribution in [2.45, 2.75) is 38.1 Å². The molecule has 1 unspecified atom stereocenters. The normalized spacial score (nSPS) is 12.5. The third-order valence-electron chi connectivity index (χ3n) is 3.54. The van der Waals surface area contributed by atoms with Crippen LogP contribution in [0.25, 0.3) is 0 Å². The van der Waals surface area contributed by atoms with Gasteiger partial charge in [-0.2, -0.15) is 0 Å². The number of hydrogen-bond donors (Lipinski definition) is 2. The van der Waals surface area contributed by atoms with Gasteiger partial charge in [0.05, 0.1) is 17.4 Å². The van der Waals surface area contributed by atoms with Gasteiger partial charge < -0.3 is 5.32 Å². The minimum atomic E-state index is -3.90. The number of aryl methyl sites for hydroxylation is 1. The SMILES string of the molecule is CCC(C)NC(=O)c1ccccc1S(=O)(=O)Nc1cncc(C)c1. The van der Waals surface area contributed by atoms with Gasteiger partial charge in [-0.3, -0.25) is 14.5 Å². The monoisotopic (exact) mass is 347 g/mol. The molecule has 0 aliphatic rings. The second-order valence-electron chi connectivity index (χ2n) is 5.64. The fourth-order valence-electron chi connectivity index (χ4n) is 2.11. The number of aromatic nitrogens is 1. The Labute approximate surface area is 142 Å². The van der Waals surface area contributed by atoms with Gasteiger partial charge in [-0.25, -0.2) is 8.42 Å². The van der Waals surface area contributed by atoms with E-state index in [1.54, 1.807) is 24.4 Å². The number of sulfonamides is 1. The van der Waals surface area contributed by atoms with Crippen LogP contribution in [0.4, 0.5) is 5.69 Å². The number of carbonyl (C=O) groups is 1. The zero-order valence-electron chi connectivity index (χ0n) is 13.9. The van der Waals surface area contributed by atoms with Crippen LogP contribution in [0.3, 0.4) is 0 Å². The average molecular weight is 347 g/mol. The largest absolute Gasteiger partial charge is 0.350 e. The third-order valence-corrected chi connectivity index (χ3v) is 4.98. The van der Waals surface area contributed by atoms with Gasteiger partial charge in [0.15, 0.2) is 0 Å². The van der Waals surface area contributed by atoms with Crippen LogP contribution in [0.1, 0.15) is 36.2 Å². The molecule has 128 valence electrons. The Morgan fingerprint density at radius 2 is 1.96 bits per heavy atom. The maximum atomic E-state index is 12.7. The molecule has 6 nitrogen and oxygen atoms in total. The molecule has 7 heteroatoms. The third kappa shape index (κ3) is 4.32. The van der Waals surface area contributed by atoms with Crippen molar-refractivity contribution in [3.8, 4) is 0 Å². The zero-order valence-corrected chi connectivity index (χ0v) is 14.7. The number of pyridine rings is 1. The Bertz CT molecular complexity index is 834. The lowest BCUT2D eigenvalue weighted by Crippen LogP contribution is -2.33. The molecule has 0 saturated carbocycles. The first-order valence-electron chi connectivity index (χ1n) is 7.68. The fraction of sp³-hybridized carbons (Fsp3) is 0.294. The lowest BCUT2D eigenvalue weighted by molar-refractivity contribution is 0.0936. The molecule has 1 aromatic heterocycles. The Morgan fingerprint density at radius 1 is 1.25 bits per heavy atom. The number of anilines is 1. The summed E-state index contributed by atoms with van der Waals surface area (Å²) in [4.78, 5) is 16.3. The number of amides is 1. The van der Waals surface area contributed by atoms with Crippen LogP contribution in [0.2, 0.25) is 0 Å². The van der Waals surface area contributed by atoms with Crippen molar-refractivity contribution in [2.75, 3.05) is 4.72 Å². The van der Waals surface area contributed by atoms with E-state index in [4.69, 9.17) is 0 Å². The van der Waals surface area contributed by atoms with Crippen LogP contribution < -0.4 is 10.0 Å². The summed E-state index contributed by atoms with van der Waals surface area (Å²) in [6.07, 6.45) is 3.81. The van der Waals surface area contributed by atoms with Gasteiger partial charge in [0.2, 0.25) is 0 Å². The number of rotatable bonds is 6. The summed E-state index contributed by atoms with van der Waals surface area (Å²) in [6, 6.07) is 7.77. The highest BCUT2D eigenvalue weighted by atomic mass is 32.2. The average Bonchev–Trinajstić information content (AvgIpc) is 2.54. The molecule has 1 heterocycles. The van der Waals surface area contributed by atoms with Crippen molar-refractivity contribution in [1.29, 1.82) is 0 Å². The molecule has 0 fully saturated rings. The van der Waals surface area contributed by atoms with Crippen molar-refractivity contribution in [3.63, 3.8) is 0 Å². The fourth-order valence-corrected chi connectivity index (χ4v) is 3.35. The van der Waals surface area contributed by atoms with Crippen molar-refractivity contribution in [3.05, 3.63) is 53.9 Å². The number of hydrogen-bond acceptors (Lipinski definition) is 4. The number of carbonyl (C=O) groups excluding carboxylic acids is 1. The van der Waals surface area contributed by atoms with Crippen LogP contribution in [0, 0.1) is 6.92 Å². The van der Waals surface area contributed by atoms with E-state index in [0.29, 0.717) is 5.69 Å². The summed E-state index contributed by atoms with van der Waals surface area (Å²) in [5.74, 6) is -0.410. The topological polar surface area (TPSA) is 88.2 Å². The van der Waals surface area contributed by atoms with Crippen molar-refractivity contribution in [1.82, 2.24) is 10.3 Å². The van der Waals surface area contributed by atoms with E-state index in [1.807, 2.05) is 20.8 Å². The molecule has 0 saturated heterocycles. The van der Waals surface area contributed by atoms with E-state index >= 15 is 0 Å². The summed E-state index contributed by atoms with van der Waals surface area (Å²) in [5, 5.41) is 2.79. The molecule has 0 bridgehead atoms. The molecule has 1 aromatic carbocycles. The molecule has 24 heavy (non-hydrogen) atoms. The van der Waals surface area contributed by atoms with Crippen molar-refractivity contribution in [2.24, 2.45) is 0 Å². The van der Waals surface area contributed by atoms with Gasteiger partial charge >= 0.3 is 0 Å². The molecule has 0 aliphatic heterocycles. The lowest BCUT2D eigenvalue weighted by atomic mass is 10.2. The molecule has 1 atom stereocenters. The minimum absolute atomic E-state index is 0.0396. The van der Waals surface area contributed by atoms with Gasteiger partial charge in [-0.05, 0) is 44.0 Å². The predicted octanol–water partition coefficient (Wildman–Crippen LogP) is 2.72. The summed E-state index contributed by atoms with van der Waals surface area (Å²) in [7, 11) is -3.90. The van der Waals surface area contributed by atoms with Gasteiger partial charge in [-0.15, -0.1) is 0 Å². The molecule has 2 aromatic rings. The van der Waals surface area contributed by atoms with Gasteiger partial charge in [-0.1, -0.05) is 19.1 Å². The van der Waals surface area contributed by atoms with E-state index in [1.165, 1.54) is 18.3 Å². The van der Waals surface area contributed by atoms with Gasteiger partial charge in [0.1, 0.15) is 4.90 Å². The molecule has 0 radical (unpaired) electrons. The Kier molecular flexibility index (Phi) is 5.56. The highest BCUT2D eigenvalue weighted by Gasteiger charge is 2.23. The summed E-state index contributed by atoms with van der Waals surface area (Å²) in [5.41, 5.74) is 1.30. The van der Waals surface area contributed by atoms with E-state index in [2.05, 4.69) is 15.0 Å². The molecular formula is C17H21N3O3S. The van der Waals surface area contributed by atoms with Gasteiger partial charge in [0.25, 0.3) is 15.9 Å². The molecule has 2 N–H and O–H groups in total. The summed E-state index contributed by atoms with van der Waals surface area (Å²) < 4.78 is 27.8. The van der Waals surface area contributed by atoms with E-state index in [9.17, 15) is 13.2 Å². The van der Waals surface area contributed by atoms with E-state index < -0.39 is 15.9 Å². The molecular weight excluding hydrogens is 326 g/mol. The first-order valence-corrected chi connectivity index (χ1v) is 9.16.